The lowest BCUT2D eigenvalue weighted by Crippen LogP contribution is -2.44. The molecular formula is C22H30N2O4S. The van der Waals surface area contributed by atoms with Gasteiger partial charge < -0.3 is 10.1 Å². The Balaban J connectivity index is 2.28. The average Bonchev–Trinajstić information content (AvgIpc) is 2.71. The van der Waals surface area contributed by atoms with Crippen molar-refractivity contribution in [3.63, 3.8) is 0 Å². The van der Waals surface area contributed by atoms with E-state index in [2.05, 4.69) is 5.32 Å². The molecule has 0 heterocycles. The van der Waals surface area contributed by atoms with Gasteiger partial charge >= 0.3 is 0 Å². The number of ether oxygens (including phenoxy) is 1. The van der Waals surface area contributed by atoms with Crippen LogP contribution in [0.15, 0.2) is 53.4 Å². The molecule has 2 aromatic rings. The fourth-order valence-electron chi connectivity index (χ4n) is 2.93. The number of benzene rings is 2. The topological polar surface area (TPSA) is 75.7 Å². The highest BCUT2D eigenvalue weighted by Gasteiger charge is 2.27. The van der Waals surface area contributed by atoms with Crippen molar-refractivity contribution in [1.82, 2.24) is 9.62 Å². The van der Waals surface area contributed by atoms with Crippen LogP contribution in [0, 0.1) is 6.92 Å². The van der Waals surface area contributed by atoms with Crippen molar-refractivity contribution < 1.29 is 17.9 Å². The Bertz CT molecular complexity index is 914. The molecule has 0 spiro atoms. The number of methoxy groups -OCH3 is 1. The molecule has 0 radical (unpaired) electrons. The summed E-state index contributed by atoms with van der Waals surface area (Å²) in [4.78, 5) is 12.6. The van der Waals surface area contributed by atoms with Crippen molar-refractivity contribution in [3.8, 4) is 5.75 Å². The third-order valence-electron chi connectivity index (χ3n) is 4.84. The van der Waals surface area contributed by atoms with Gasteiger partial charge in [-0.3, -0.25) is 4.79 Å². The van der Waals surface area contributed by atoms with Crippen LogP contribution >= 0.6 is 0 Å². The summed E-state index contributed by atoms with van der Waals surface area (Å²) in [5.41, 5.74) is 1.74. The van der Waals surface area contributed by atoms with Crippen LogP contribution in [0.3, 0.4) is 0 Å². The average molecular weight is 419 g/mol. The van der Waals surface area contributed by atoms with Crippen LogP contribution in [0.1, 0.15) is 31.4 Å². The summed E-state index contributed by atoms with van der Waals surface area (Å²) in [5, 5.41) is 2.85. The van der Waals surface area contributed by atoms with Gasteiger partial charge in [-0.15, -0.1) is 0 Å². The van der Waals surface area contributed by atoms with E-state index in [4.69, 9.17) is 4.74 Å². The highest BCUT2D eigenvalue weighted by Crippen LogP contribution is 2.24. The van der Waals surface area contributed by atoms with Gasteiger partial charge in [0.15, 0.2) is 0 Å². The third-order valence-corrected chi connectivity index (χ3v) is 6.68. The molecule has 0 saturated heterocycles. The van der Waals surface area contributed by atoms with Gasteiger partial charge in [-0.25, -0.2) is 8.42 Å². The van der Waals surface area contributed by atoms with Crippen molar-refractivity contribution in [2.45, 2.75) is 44.6 Å². The van der Waals surface area contributed by atoms with Gasteiger partial charge in [0.2, 0.25) is 15.9 Å². The van der Waals surface area contributed by atoms with Crippen molar-refractivity contribution in [3.05, 3.63) is 59.7 Å². The zero-order chi connectivity index (χ0) is 21.4. The van der Waals surface area contributed by atoms with Crippen molar-refractivity contribution in [1.29, 1.82) is 0 Å². The lowest BCUT2D eigenvalue weighted by Gasteiger charge is -2.23. The highest BCUT2D eigenvalue weighted by molar-refractivity contribution is 7.89. The third kappa shape index (κ3) is 6.30. The molecule has 2 rings (SSSR count). The largest absolute Gasteiger partial charge is 0.496 e. The van der Waals surface area contributed by atoms with Gasteiger partial charge in [0, 0.05) is 12.6 Å². The van der Waals surface area contributed by atoms with E-state index in [0.29, 0.717) is 12.2 Å². The minimum absolute atomic E-state index is 0.00981. The first-order valence-electron chi connectivity index (χ1n) is 9.76. The first-order chi connectivity index (χ1) is 13.8. The molecule has 0 bridgehead atoms. The molecule has 2 aromatic carbocycles. The Morgan fingerprint density at radius 1 is 1.17 bits per heavy atom. The summed E-state index contributed by atoms with van der Waals surface area (Å²) in [7, 11) is -2.30. The van der Waals surface area contributed by atoms with E-state index in [1.54, 1.807) is 26.2 Å². The number of nitrogens with zero attached hydrogens (tertiary/aromatic N) is 1. The van der Waals surface area contributed by atoms with E-state index in [9.17, 15) is 13.2 Å². The molecule has 0 aliphatic rings. The Hall–Kier alpha value is -2.38. The number of sulfonamides is 1. The molecule has 0 aliphatic heterocycles. The number of aryl methyl sites for hydroxylation is 1. The minimum Gasteiger partial charge on any atom is -0.496 e. The molecule has 0 unspecified atom stereocenters. The quantitative estimate of drug-likeness (QED) is 0.643. The van der Waals surface area contributed by atoms with Gasteiger partial charge in [-0.1, -0.05) is 37.3 Å². The van der Waals surface area contributed by atoms with Crippen LogP contribution in [0.5, 0.6) is 5.75 Å². The lowest BCUT2D eigenvalue weighted by molar-refractivity contribution is -0.121. The maximum absolute atomic E-state index is 13.3. The Morgan fingerprint density at radius 2 is 1.86 bits per heavy atom. The molecule has 6 nitrogen and oxygen atoms in total. The molecule has 1 atom stereocenters. The molecule has 0 aromatic heterocycles. The smallest absolute Gasteiger partial charge is 0.243 e. The molecule has 0 fully saturated rings. The number of hydrogen-bond donors (Lipinski definition) is 1. The maximum atomic E-state index is 13.3. The summed E-state index contributed by atoms with van der Waals surface area (Å²) in [5.74, 6) is 0.315. The van der Waals surface area contributed by atoms with E-state index in [0.717, 1.165) is 17.5 Å². The predicted octanol–water partition coefficient (Wildman–Crippen LogP) is 3.15. The number of carbonyl (C=O) groups is 1. The van der Waals surface area contributed by atoms with Gasteiger partial charge in [-0.05, 0) is 56.0 Å². The van der Waals surface area contributed by atoms with Gasteiger partial charge in [0.25, 0.3) is 0 Å². The molecule has 7 heteroatoms. The first-order valence-corrected chi connectivity index (χ1v) is 11.2. The summed E-state index contributed by atoms with van der Waals surface area (Å²) >= 11 is 0. The monoisotopic (exact) mass is 418 g/mol. The fraction of sp³-hybridized carbons (Fsp3) is 0.409. The van der Waals surface area contributed by atoms with Gasteiger partial charge in [-0.2, -0.15) is 4.31 Å². The predicted molar refractivity (Wildman–Crippen MR) is 115 cm³/mol. The van der Waals surface area contributed by atoms with E-state index in [1.807, 2.05) is 44.2 Å². The SMILES string of the molecule is CC[C@@H](C)NC(=O)CN(CCc1ccccc1)S(=O)(=O)c1ccc(OC)c(C)c1. The van der Waals surface area contributed by atoms with E-state index in [-0.39, 0.29) is 29.9 Å². The number of hydrogen-bond acceptors (Lipinski definition) is 4. The molecule has 158 valence electrons. The maximum Gasteiger partial charge on any atom is 0.243 e. The molecule has 1 amide bonds. The first kappa shape index (κ1) is 22.9. The standard InChI is InChI=1S/C22H30N2O4S/c1-5-18(3)23-22(25)16-24(14-13-19-9-7-6-8-10-19)29(26,27)20-11-12-21(28-4)17(2)15-20/h6-12,15,18H,5,13-14,16H2,1-4H3,(H,23,25)/t18-/m1/s1. The normalized spacial score (nSPS) is 12.6. The van der Waals surface area contributed by atoms with Crippen LogP contribution in [0.4, 0.5) is 0 Å². The Kier molecular flexibility index (Phi) is 8.22. The molecule has 0 saturated carbocycles. The molecule has 0 aliphatic carbocycles. The van der Waals surface area contributed by atoms with E-state index < -0.39 is 10.0 Å². The van der Waals surface area contributed by atoms with Crippen LogP contribution in [-0.4, -0.2) is 44.9 Å². The van der Waals surface area contributed by atoms with E-state index in [1.165, 1.54) is 10.4 Å². The second-order valence-corrected chi connectivity index (χ2v) is 9.02. The number of carbonyl (C=O) groups excluding carboxylic acids is 1. The highest BCUT2D eigenvalue weighted by atomic mass is 32.2. The van der Waals surface area contributed by atoms with Crippen molar-refractivity contribution in [2.75, 3.05) is 20.2 Å². The Morgan fingerprint density at radius 3 is 2.45 bits per heavy atom. The number of rotatable bonds is 10. The van der Waals surface area contributed by atoms with Crippen molar-refractivity contribution >= 4 is 15.9 Å². The number of amides is 1. The zero-order valence-electron chi connectivity index (χ0n) is 17.5. The fourth-order valence-corrected chi connectivity index (χ4v) is 4.41. The summed E-state index contributed by atoms with van der Waals surface area (Å²) in [6.07, 6.45) is 1.30. The molecule has 29 heavy (non-hydrogen) atoms. The lowest BCUT2D eigenvalue weighted by atomic mass is 10.1. The minimum atomic E-state index is -3.84. The molecular weight excluding hydrogens is 388 g/mol. The van der Waals surface area contributed by atoms with Crippen LogP contribution in [0.25, 0.3) is 0 Å². The summed E-state index contributed by atoms with van der Waals surface area (Å²) in [6, 6.07) is 14.4. The number of nitrogens with one attached hydrogen (secondary N) is 1. The van der Waals surface area contributed by atoms with Crippen LogP contribution in [0.2, 0.25) is 0 Å². The van der Waals surface area contributed by atoms with Crippen LogP contribution in [-0.2, 0) is 21.2 Å². The van der Waals surface area contributed by atoms with Gasteiger partial charge in [0.05, 0.1) is 18.6 Å². The van der Waals surface area contributed by atoms with Crippen LogP contribution < -0.4 is 10.1 Å². The second-order valence-electron chi connectivity index (χ2n) is 7.08. The Labute approximate surface area is 173 Å². The summed E-state index contributed by atoms with van der Waals surface area (Å²) in [6.45, 7) is 5.65. The van der Waals surface area contributed by atoms with Gasteiger partial charge in [0.1, 0.15) is 5.75 Å². The van der Waals surface area contributed by atoms with E-state index >= 15 is 0 Å². The summed E-state index contributed by atoms with van der Waals surface area (Å²) < 4.78 is 33.1. The second kappa shape index (κ2) is 10.4. The van der Waals surface area contributed by atoms with Crippen molar-refractivity contribution in [2.24, 2.45) is 0 Å². The molecule has 1 N–H and O–H groups in total. The zero-order valence-corrected chi connectivity index (χ0v) is 18.3.